The minimum atomic E-state index is -0.173. The fourth-order valence-corrected chi connectivity index (χ4v) is 1.90. The fourth-order valence-electron chi connectivity index (χ4n) is 1.90. The van der Waals surface area contributed by atoms with Gasteiger partial charge in [-0.3, -0.25) is 4.68 Å². The lowest BCUT2D eigenvalue weighted by Crippen LogP contribution is -2.17. The van der Waals surface area contributed by atoms with Crippen LogP contribution < -0.4 is 5.32 Å². The highest BCUT2D eigenvalue weighted by molar-refractivity contribution is 5.16. The second kappa shape index (κ2) is 6.48. The van der Waals surface area contributed by atoms with Gasteiger partial charge < -0.3 is 5.32 Å². The van der Waals surface area contributed by atoms with Crippen LogP contribution in [0, 0.1) is 5.82 Å². The first-order chi connectivity index (χ1) is 9.15. The summed E-state index contributed by atoms with van der Waals surface area (Å²) in [6.45, 7) is 5.77. The van der Waals surface area contributed by atoms with Crippen molar-refractivity contribution in [2.24, 2.45) is 0 Å². The van der Waals surface area contributed by atoms with Crippen molar-refractivity contribution in [3.8, 4) is 0 Å². The molecule has 0 unspecified atom stereocenters. The van der Waals surface area contributed by atoms with Crippen molar-refractivity contribution in [1.82, 2.24) is 15.1 Å². The molecule has 0 aliphatic rings. The van der Waals surface area contributed by atoms with E-state index in [2.05, 4.69) is 24.3 Å². The molecule has 0 amide bonds. The van der Waals surface area contributed by atoms with Gasteiger partial charge in [-0.1, -0.05) is 12.1 Å². The van der Waals surface area contributed by atoms with Crippen LogP contribution in [0.15, 0.2) is 36.5 Å². The van der Waals surface area contributed by atoms with E-state index in [0.29, 0.717) is 6.04 Å². The first-order valence-corrected chi connectivity index (χ1v) is 6.64. The summed E-state index contributed by atoms with van der Waals surface area (Å²) in [5.74, 6) is -0.173. The van der Waals surface area contributed by atoms with Crippen molar-refractivity contribution < 1.29 is 4.39 Å². The second-order valence-electron chi connectivity index (χ2n) is 4.94. The Morgan fingerprint density at radius 1 is 1.32 bits per heavy atom. The van der Waals surface area contributed by atoms with Crippen LogP contribution in [0.3, 0.4) is 0 Å². The normalized spacial score (nSPS) is 11.2. The van der Waals surface area contributed by atoms with E-state index < -0.39 is 0 Å². The van der Waals surface area contributed by atoms with E-state index in [9.17, 15) is 4.39 Å². The summed E-state index contributed by atoms with van der Waals surface area (Å²) in [4.78, 5) is 0. The Labute approximate surface area is 113 Å². The summed E-state index contributed by atoms with van der Waals surface area (Å²) in [5, 5.41) is 7.79. The summed E-state index contributed by atoms with van der Waals surface area (Å²) in [6, 6.07) is 9.15. The summed E-state index contributed by atoms with van der Waals surface area (Å²) in [6.07, 6.45) is 2.82. The molecule has 1 aromatic heterocycles. The summed E-state index contributed by atoms with van der Waals surface area (Å²) in [7, 11) is 0. The minimum absolute atomic E-state index is 0.173. The van der Waals surface area contributed by atoms with Crippen molar-refractivity contribution >= 4 is 0 Å². The smallest absolute Gasteiger partial charge is 0.123 e. The lowest BCUT2D eigenvalue weighted by molar-refractivity contribution is 0.521. The van der Waals surface area contributed by atoms with Gasteiger partial charge >= 0.3 is 0 Å². The molecule has 4 heteroatoms. The highest BCUT2D eigenvalue weighted by atomic mass is 19.1. The average Bonchev–Trinajstić information content (AvgIpc) is 2.84. The molecule has 102 valence electrons. The Bertz CT molecular complexity index is 520. The number of nitrogens with zero attached hydrogens (tertiary/aromatic N) is 2. The summed E-state index contributed by atoms with van der Waals surface area (Å²) < 4.78 is 14.9. The number of hydrogen-bond donors (Lipinski definition) is 1. The van der Waals surface area contributed by atoms with Gasteiger partial charge in [-0.25, -0.2) is 4.39 Å². The molecular weight excluding hydrogens is 241 g/mol. The predicted molar refractivity (Wildman–Crippen MR) is 74.4 cm³/mol. The Balaban J connectivity index is 1.74. The predicted octanol–water partition coefficient (Wildman–Crippen LogP) is 2.94. The molecule has 0 radical (unpaired) electrons. The van der Waals surface area contributed by atoms with Gasteiger partial charge in [-0.05, 0) is 50.6 Å². The quantitative estimate of drug-likeness (QED) is 0.810. The maximum Gasteiger partial charge on any atom is 0.123 e. The Morgan fingerprint density at radius 2 is 2.16 bits per heavy atom. The topological polar surface area (TPSA) is 29.9 Å². The number of halogens is 1. The van der Waals surface area contributed by atoms with E-state index >= 15 is 0 Å². The third kappa shape index (κ3) is 4.17. The van der Waals surface area contributed by atoms with Crippen molar-refractivity contribution in [2.45, 2.75) is 32.9 Å². The molecule has 0 saturated carbocycles. The van der Waals surface area contributed by atoms with Crippen molar-refractivity contribution in [1.29, 1.82) is 0 Å². The van der Waals surface area contributed by atoms with E-state index in [1.54, 1.807) is 12.1 Å². The van der Waals surface area contributed by atoms with Crippen LogP contribution in [0.2, 0.25) is 0 Å². The van der Waals surface area contributed by atoms with Gasteiger partial charge in [-0.15, -0.1) is 0 Å². The maximum atomic E-state index is 13.0. The zero-order valence-corrected chi connectivity index (χ0v) is 11.4. The molecule has 2 aromatic rings. The molecule has 0 fully saturated rings. The molecule has 0 bridgehead atoms. The Hall–Kier alpha value is -1.68. The first-order valence-electron chi connectivity index (χ1n) is 6.64. The van der Waals surface area contributed by atoms with Crippen LogP contribution in [0.4, 0.5) is 4.39 Å². The zero-order valence-electron chi connectivity index (χ0n) is 11.4. The molecule has 3 nitrogen and oxygen atoms in total. The number of nitrogens with one attached hydrogen (secondary N) is 1. The maximum absolute atomic E-state index is 13.0. The van der Waals surface area contributed by atoms with Crippen molar-refractivity contribution in [2.75, 3.05) is 6.54 Å². The molecule has 0 atom stereocenters. The molecular formula is C15H20FN3. The van der Waals surface area contributed by atoms with Gasteiger partial charge in [0, 0.05) is 18.8 Å². The first kappa shape index (κ1) is 13.7. The lowest BCUT2D eigenvalue weighted by Gasteiger charge is -2.05. The van der Waals surface area contributed by atoms with Crippen molar-refractivity contribution in [3.05, 3.63) is 53.6 Å². The Morgan fingerprint density at radius 3 is 2.84 bits per heavy atom. The molecule has 19 heavy (non-hydrogen) atoms. The van der Waals surface area contributed by atoms with E-state index in [1.807, 2.05) is 23.0 Å². The molecule has 1 N–H and O–H groups in total. The number of rotatable bonds is 6. The van der Waals surface area contributed by atoms with Crippen LogP contribution >= 0.6 is 0 Å². The van der Waals surface area contributed by atoms with E-state index in [1.165, 1.54) is 6.07 Å². The monoisotopic (exact) mass is 261 g/mol. The standard InChI is InChI=1S/C15H20FN3/c1-12(2)19-9-7-15(18-19)11-17-8-6-13-4-3-5-14(16)10-13/h3-5,7,9-10,12,17H,6,8,11H2,1-2H3. The van der Waals surface area contributed by atoms with Gasteiger partial charge in [0.05, 0.1) is 5.69 Å². The van der Waals surface area contributed by atoms with Gasteiger partial charge in [-0.2, -0.15) is 5.10 Å². The van der Waals surface area contributed by atoms with Gasteiger partial charge in [0.25, 0.3) is 0 Å². The molecule has 0 spiro atoms. The van der Waals surface area contributed by atoms with E-state index in [4.69, 9.17) is 0 Å². The van der Waals surface area contributed by atoms with Crippen LogP contribution in [0.1, 0.15) is 31.1 Å². The highest BCUT2D eigenvalue weighted by Gasteiger charge is 2.01. The van der Waals surface area contributed by atoms with Crippen LogP contribution in [0.5, 0.6) is 0 Å². The van der Waals surface area contributed by atoms with E-state index in [-0.39, 0.29) is 5.82 Å². The third-order valence-corrected chi connectivity index (χ3v) is 2.98. The number of benzene rings is 1. The van der Waals surface area contributed by atoms with Gasteiger partial charge in [0.1, 0.15) is 5.82 Å². The average molecular weight is 261 g/mol. The lowest BCUT2D eigenvalue weighted by atomic mass is 10.1. The molecule has 0 aliphatic carbocycles. The van der Waals surface area contributed by atoms with Crippen LogP contribution in [-0.2, 0) is 13.0 Å². The van der Waals surface area contributed by atoms with Crippen molar-refractivity contribution in [3.63, 3.8) is 0 Å². The SMILES string of the molecule is CC(C)n1ccc(CNCCc2cccc(F)c2)n1. The fraction of sp³-hybridized carbons (Fsp3) is 0.400. The molecule has 1 aromatic carbocycles. The number of aromatic nitrogens is 2. The molecule has 2 rings (SSSR count). The second-order valence-corrected chi connectivity index (χ2v) is 4.94. The van der Waals surface area contributed by atoms with Gasteiger partial charge in [0.2, 0.25) is 0 Å². The molecule has 0 saturated heterocycles. The Kier molecular flexibility index (Phi) is 4.68. The summed E-state index contributed by atoms with van der Waals surface area (Å²) >= 11 is 0. The van der Waals surface area contributed by atoms with Crippen LogP contribution in [0.25, 0.3) is 0 Å². The van der Waals surface area contributed by atoms with E-state index in [0.717, 1.165) is 30.8 Å². The zero-order chi connectivity index (χ0) is 13.7. The molecule has 0 aliphatic heterocycles. The number of hydrogen-bond acceptors (Lipinski definition) is 2. The largest absolute Gasteiger partial charge is 0.311 e. The van der Waals surface area contributed by atoms with Gasteiger partial charge in [0.15, 0.2) is 0 Å². The highest BCUT2D eigenvalue weighted by Crippen LogP contribution is 2.05. The summed E-state index contributed by atoms with van der Waals surface area (Å²) in [5.41, 5.74) is 2.05. The molecule has 1 heterocycles. The third-order valence-electron chi connectivity index (χ3n) is 2.98. The minimum Gasteiger partial charge on any atom is -0.311 e. The van der Waals surface area contributed by atoms with Crippen LogP contribution in [-0.4, -0.2) is 16.3 Å².